The lowest BCUT2D eigenvalue weighted by Crippen LogP contribution is -2.18. The summed E-state index contributed by atoms with van der Waals surface area (Å²) in [5, 5.41) is 8.46. The maximum atomic E-state index is 12.9. The van der Waals surface area contributed by atoms with E-state index in [1.807, 2.05) is 0 Å². The van der Waals surface area contributed by atoms with Crippen molar-refractivity contribution in [3.05, 3.63) is 41.7 Å². The minimum atomic E-state index is -4.65. The Morgan fingerprint density at radius 3 is 1.88 bits per heavy atom. The van der Waals surface area contributed by atoms with Crippen molar-refractivity contribution in [1.29, 1.82) is 5.26 Å². The lowest BCUT2D eigenvalue weighted by molar-refractivity contribution is -0.274. The predicted octanol–water partition coefficient (Wildman–Crippen LogP) is 8.60. The van der Waals surface area contributed by atoms with Gasteiger partial charge in [0.05, 0.1) is 0 Å². The van der Waals surface area contributed by atoms with Crippen molar-refractivity contribution in [2.75, 3.05) is 0 Å². The first-order chi connectivity index (χ1) is 15.3. The number of hydrogen-bond donors (Lipinski definition) is 0. The Hall–Kier alpha value is -2.03. The third-order valence-corrected chi connectivity index (χ3v) is 7.39. The Morgan fingerprint density at radius 2 is 1.38 bits per heavy atom. The molecule has 0 heterocycles. The van der Waals surface area contributed by atoms with Crippen molar-refractivity contribution in [1.82, 2.24) is 0 Å². The Bertz CT molecular complexity index is 765. The van der Waals surface area contributed by atoms with Gasteiger partial charge in [0.25, 0.3) is 0 Å². The van der Waals surface area contributed by atoms with Crippen LogP contribution in [-0.2, 0) is 0 Å². The van der Waals surface area contributed by atoms with Crippen LogP contribution in [0.2, 0.25) is 0 Å². The largest absolute Gasteiger partial charge is 0.573 e. The molecular formula is C26H33F4NO. The average molecular weight is 452 g/mol. The van der Waals surface area contributed by atoms with Gasteiger partial charge in [-0.25, -0.2) is 0 Å². The van der Waals surface area contributed by atoms with Crippen LogP contribution in [0.25, 0.3) is 0 Å². The molecule has 2 aliphatic rings. The molecule has 0 atom stereocenters. The van der Waals surface area contributed by atoms with E-state index < -0.39 is 12.2 Å². The quantitative estimate of drug-likeness (QED) is 0.293. The van der Waals surface area contributed by atoms with Gasteiger partial charge >= 0.3 is 6.36 Å². The zero-order chi connectivity index (χ0) is 23.0. The Morgan fingerprint density at radius 1 is 0.875 bits per heavy atom. The Labute approximate surface area is 188 Å². The fraction of sp³-hybridized carbons (Fsp3) is 0.654. The number of allylic oxidation sites excluding steroid dienone is 2. The van der Waals surface area contributed by atoms with E-state index in [9.17, 15) is 17.6 Å². The van der Waals surface area contributed by atoms with E-state index in [1.54, 1.807) is 12.1 Å². The van der Waals surface area contributed by atoms with Crippen LogP contribution in [0.1, 0.15) is 88.5 Å². The van der Waals surface area contributed by atoms with E-state index in [2.05, 4.69) is 4.74 Å². The fourth-order valence-electron chi connectivity index (χ4n) is 5.50. The standard InChI is InChI=1S/C26H33F4NO/c27-24(18-31)3-1-2-19-4-6-20(7-5-19)8-9-21-10-12-22(13-11-21)23-14-16-25(17-15-23)32-26(28,29)30/h3,14-17,19-22H,1-2,4-13H2/b24-3-. The summed E-state index contributed by atoms with van der Waals surface area (Å²) in [6.45, 7) is 0. The molecule has 6 heteroatoms. The smallest absolute Gasteiger partial charge is 0.406 e. The van der Waals surface area contributed by atoms with Gasteiger partial charge in [-0.15, -0.1) is 13.2 Å². The summed E-state index contributed by atoms with van der Waals surface area (Å²) in [5.74, 6) is 1.84. The molecule has 0 N–H and O–H groups in total. The maximum absolute atomic E-state index is 12.9. The highest BCUT2D eigenvalue weighted by Gasteiger charge is 2.31. The van der Waals surface area contributed by atoms with Crippen LogP contribution < -0.4 is 4.74 Å². The number of halogens is 4. The molecule has 176 valence electrons. The SMILES string of the molecule is N#C/C(F)=C/CCC1CCC(CCC2CCC(c3ccc(OC(F)(F)F)cc3)CC2)CC1. The molecule has 2 aliphatic carbocycles. The van der Waals surface area contributed by atoms with Crippen LogP contribution in [-0.4, -0.2) is 6.36 Å². The molecule has 0 saturated heterocycles. The molecule has 2 saturated carbocycles. The summed E-state index contributed by atoms with van der Waals surface area (Å²) in [6.07, 6.45) is 10.5. The molecule has 0 spiro atoms. The Kier molecular flexibility index (Phi) is 9.02. The number of rotatable bonds is 8. The number of ether oxygens (including phenoxy) is 1. The minimum absolute atomic E-state index is 0.157. The second kappa shape index (κ2) is 11.7. The highest BCUT2D eigenvalue weighted by Crippen LogP contribution is 2.40. The summed E-state index contributed by atoms with van der Waals surface area (Å²) in [6, 6.07) is 7.91. The number of alkyl halides is 3. The molecule has 0 radical (unpaired) electrons. The summed E-state index contributed by atoms with van der Waals surface area (Å²) in [4.78, 5) is 0. The van der Waals surface area contributed by atoms with Crippen molar-refractivity contribution in [2.45, 2.75) is 89.3 Å². The molecule has 0 bridgehead atoms. The van der Waals surface area contributed by atoms with Gasteiger partial charge in [-0.2, -0.15) is 9.65 Å². The molecule has 0 amide bonds. The highest BCUT2D eigenvalue weighted by molar-refractivity contribution is 5.29. The maximum Gasteiger partial charge on any atom is 0.573 e. The summed E-state index contributed by atoms with van der Waals surface area (Å²) in [5.41, 5.74) is 1.11. The van der Waals surface area contributed by atoms with Crippen molar-refractivity contribution < 1.29 is 22.3 Å². The van der Waals surface area contributed by atoms with Crippen LogP contribution >= 0.6 is 0 Å². The van der Waals surface area contributed by atoms with Crippen LogP contribution in [0.4, 0.5) is 17.6 Å². The summed E-state index contributed by atoms with van der Waals surface area (Å²) < 4.78 is 53.8. The zero-order valence-corrected chi connectivity index (χ0v) is 18.5. The third kappa shape index (κ3) is 8.15. The lowest BCUT2D eigenvalue weighted by Gasteiger charge is -2.32. The number of nitriles is 1. The molecular weight excluding hydrogens is 418 g/mol. The third-order valence-electron chi connectivity index (χ3n) is 7.39. The predicted molar refractivity (Wildman–Crippen MR) is 117 cm³/mol. The van der Waals surface area contributed by atoms with Gasteiger partial charge in [-0.1, -0.05) is 50.7 Å². The second-order valence-corrected chi connectivity index (χ2v) is 9.54. The fourth-order valence-corrected chi connectivity index (χ4v) is 5.50. The van der Waals surface area contributed by atoms with Gasteiger partial charge < -0.3 is 4.74 Å². The molecule has 0 aromatic heterocycles. The van der Waals surface area contributed by atoms with Crippen molar-refractivity contribution >= 4 is 0 Å². The van der Waals surface area contributed by atoms with Crippen molar-refractivity contribution in [3.63, 3.8) is 0 Å². The van der Waals surface area contributed by atoms with Gasteiger partial charge in [-0.05, 0) is 86.0 Å². The van der Waals surface area contributed by atoms with Crippen molar-refractivity contribution in [2.24, 2.45) is 17.8 Å². The zero-order valence-electron chi connectivity index (χ0n) is 18.5. The first-order valence-electron chi connectivity index (χ1n) is 11.9. The van der Waals surface area contributed by atoms with Gasteiger partial charge in [0.15, 0.2) is 5.83 Å². The van der Waals surface area contributed by atoms with Gasteiger partial charge in [0.2, 0.25) is 0 Å². The first kappa shape index (κ1) is 24.6. The van der Waals surface area contributed by atoms with Gasteiger partial charge in [-0.3, -0.25) is 0 Å². The molecule has 0 aliphatic heterocycles. The van der Waals surface area contributed by atoms with E-state index in [4.69, 9.17) is 5.26 Å². The van der Waals surface area contributed by atoms with Crippen LogP contribution in [0.5, 0.6) is 5.75 Å². The molecule has 2 fully saturated rings. The lowest BCUT2D eigenvalue weighted by atomic mass is 9.74. The average Bonchev–Trinajstić information content (AvgIpc) is 2.78. The van der Waals surface area contributed by atoms with Crippen LogP contribution in [0, 0.1) is 29.1 Å². The van der Waals surface area contributed by atoms with Gasteiger partial charge in [0.1, 0.15) is 11.8 Å². The highest BCUT2D eigenvalue weighted by atomic mass is 19.4. The number of benzene rings is 1. The van der Waals surface area contributed by atoms with E-state index in [1.165, 1.54) is 75.6 Å². The topological polar surface area (TPSA) is 33.0 Å². The monoisotopic (exact) mass is 451 g/mol. The molecule has 0 unspecified atom stereocenters. The molecule has 2 nitrogen and oxygen atoms in total. The van der Waals surface area contributed by atoms with Crippen molar-refractivity contribution in [3.8, 4) is 11.8 Å². The molecule has 1 aromatic carbocycles. The molecule has 3 rings (SSSR count). The Balaban J connectivity index is 1.32. The van der Waals surface area contributed by atoms with E-state index in [-0.39, 0.29) is 5.75 Å². The van der Waals surface area contributed by atoms with E-state index in [0.29, 0.717) is 18.3 Å². The van der Waals surface area contributed by atoms with E-state index >= 15 is 0 Å². The molecule has 32 heavy (non-hydrogen) atoms. The first-order valence-corrected chi connectivity index (χ1v) is 11.9. The van der Waals surface area contributed by atoms with Gasteiger partial charge in [0, 0.05) is 0 Å². The normalized spacial score (nSPS) is 27.0. The number of nitrogens with zero attached hydrogens (tertiary/aromatic N) is 1. The second-order valence-electron chi connectivity index (χ2n) is 9.54. The summed E-state index contributed by atoms with van der Waals surface area (Å²) >= 11 is 0. The summed E-state index contributed by atoms with van der Waals surface area (Å²) in [7, 11) is 0. The molecule has 1 aromatic rings. The van der Waals surface area contributed by atoms with E-state index in [0.717, 1.165) is 36.7 Å². The minimum Gasteiger partial charge on any atom is -0.406 e. The van der Waals surface area contributed by atoms with Crippen LogP contribution in [0.15, 0.2) is 36.2 Å². The van der Waals surface area contributed by atoms with Crippen LogP contribution in [0.3, 0.4) is 0 Å². The number of hydrogen-bond acceptors (Lipinski definition) is 2.